The highest BCUT2D eigenvalue weighted by atomic mass is 35.5. The molecule has 1 aromatic heterocycles. The van der Waals surface area contributed by atoms with Crippen molar-refractivity contribution in [3.8, 4) is 11.3 Å². The van der Waals surface area contributed by atoms with Gasteiger partial charge in [-0.1, -0.05) is 41.9 Å². The van der Waals surface area contributed by atoms with Gasteiger partial charge in [-0.05, 0) is 36.0 Å². The normalized spacial score (nSPS) is 10.8. The molecule has 0 unspecified atom stereocenters. The molecule has 19 heavy (non-hydrogen) atoms. The summed E-state index contributed by atoms with van der Waals surface area (Å²) in [5.74, 6) is 0. The quantitative estimate of drug-likeness (QED) is 0.607. The van der Waals surface area contributed by atoms with E-state index >= 15 is 0 Å². The Morgan fingerprint density at radius 2 is 1.84 bits per heavy atom. The molecule has 1 heterocycles. The van der Waals surface area contributed by atoms with Crippen molar-refractivity contribution in [2.45, 2.75) is 0 Å². The number of hydrogen-bond acceptors (Lipinski definition) is 2. The van der Waals surface area contributed by atoms with E-state index in [0.29, 0.717) is 9.79 Å². The van der Waals surface area contributed by atoms with Gasteiger partial charge in [-0.3, -0.25) is 0 Å². The Morgan fingerprint density at radius 3 is 2.58 bits per heavy atom. The van der Waals surface area contributed by atoms with Crippen LogP contribution < -0.4 is 0 Å². The third kappa shape index (κ3) is 2.15. The van der Waals surface area contributed by atoms with Gasteiger partial charge in [-0.25, -0.2) is 4.98 Å². The van der Waals surface area contributed by atoms with Crippen molar-refractivity contribution in [1.29, 1.82) is 0 Å². The topological polar surface area (TPSA) is 17.8 Å². The van der Waals surface area contributed by atoms with E-state index in [1.807, 2.05) is 48.0 Å². The highest BCUT2D eigenvalue weighted by Gasteiger charge is 2.09. The van der Waals surface area contributed by atoms with E-state index < -0.39 is 0 Å². The molecule has 4 heteroatoms. The second-order valence-electron chi connectivity index (χ2n) is 4.33. The van der Waals surface area contributed by atoms with E-state index in [0.717, 1.165) is 22.2 Å². The fourth-order valence-electron chi connectivity index (χ4n) is 2.19. The smallest absolute Gasteiger partial charge is 0.200 e. The van der Waals surface area contributed by atoms with Gasteiger partial charge < -0.3 is 4.57 Å². The van der Waals surface area contributed by atoms with Gasteiger partial charge in [0.1, 0.15) is 0 Å². The number of fused-ring (bicyclic) bond motifs is 1. The van der Waals surface area contributed by atoms with Gasteiger partial charge in [0, 0.05) is 17.5 Å². The molecule has 0 N–H and O–H groups in total. The van der Waals surface area contributed by atoms with Crippen LogP contribution in [-0.2, 0) is 7.05 Å². The molecule has 0 saturated carbocycles. The van der Waals surface area contributed by atoms with Crippen LogP contribution in [0.3, 0.4) is 0 Å². The predicted molar refractivity (Wildman–Crippen MR) is 82.0 cm³/mol. The Balaban J connectivity index is 2.48. The van der Waals surface area contributed by atoms with Crippen molar-refractivity contribution in [2.75, 3.05) is 0 Å². The van der Waals surface area contributed by atoms with E-state index in [2.05, 4.69) is 17.1 Å². The summed E-state index contributed by atoms with van der Waals surface area (Å²) in [5.41, 5.74) is 3.01. The average molecular weight is 287 g/mol. The highest BCUT2D eigenvalue weighted by Crippen LogP contribution is 2.29. The van der Waals surface area contributed by atoms with Crippen molar-refractivity contribution in [1.82, 2.24) is 9.55 Å². The van der Waals surface area contributed by atoms with Gasteiger partial charge in [0.25, 0.3) is 0 Å². The lowest BCUT2D eigenvalue weighted by molar-refractivity contribution is 0.869. The van der Waals surface area contributed by atoms with Crippen LogP contribution in [0, 0.1) is 4.77 Å². The molecule has 0 saturated heterocycles. The maximum Gasteiger partial charge on any atom is 0.200 e. The SMILES string of the molecule is Cn1c(-c2ccccc2)c2cc(Cl)ccc2nc1=S. The Morgan fingerprint density at radius 1 is 1.11 bits per heavy atom. The molecule has 3 aromatic rings. The molecule has 0 aliphatic heterocycles. The van der Waals surface area contributed by atoms with Crippen LogP contribution >= 0.6 is 23.8 Å². The van der Waals surface area contributed by atoms with E-state index in [-0.39, 0.29) is 0 Å². The molecular weight excluding hydrogens is 276 g/mol. The van der Waals surface area contributed by atoms with Crippen LogP contribution in [0.4, 0.5) is 0 Å². The summed E-state index contributed by atoms with van der Waals surface area (Å²) in [7, 11) is 1.93. The number of benzene rings is 2. The van der Waals surface area contributed by atoms with E-state index in [9.17, 15) is 0 Å². The fourth-order valence-corrected chi connectivity index (χ4v) is 2.56. The first-order chi connectivity index (χ1) is 9.16. The average Bonchev–Trinajstić information content (AvgIpc) is 2.42. The molecule has 0 atom stereocenters. The maximum atomic E-state index is 6.11. The third-order valence-electron chi connectivity index (χ3n) is 3.10. The minimum Gasteiger partial charge on any atom is -0.319 e. The lowest BCUT2D eigenvalue weighted by atomic mass is 10.1. The van der Waals surface area contributed by atoms with Gasteiger partial charge in [-0.15, -0.1) is 0 Å². The molecule has 94 valence electrons. The maximum absolute atomic E-state index is 6.11. The predicted octanol–water partition coefficient (Wildman–Crippen LogP) is 4.62. The van der Waals surface area contributed by atoms with E-state index in [4.69, 9.17) is 23.8 Å². The largest absolute Gasteiger partial charge is 0.319 e. The first-order valence-electron chi connectivity index (χ1n) is 5.88. The number of aromatic nitrogens is 2. The summed E-state index contributed by atoms with van der Waals surface area (Å²) in [5, 5.41) is 1.71. The summed E-state index contributed by atoms with van der Waals surface area (Å²) in [6.45, 7) is 0. The molecule has 2 aromatic carbocycles. The first-order valence-corrected chi connectivity index (χ1v) is 6.67. The third-order valence-corrected chi connectivity index (χ3v) is 3.70. The molecular formula is C15H11ClN2S. The minimum absolute atomic E-state index is 0.564. The van der Waals surface area contributed by atoms with Crippen LogP contribution in [0.15, 0.2) is 48.5 Å². The fraction of sp³-hybridized carbons (Fsp3) is 0.0667. The van der Waals surface area contributed by atoms with Gasteiger partial charge in [0.2, 0.25) is 0 Å². The van der Waals surface area contributed by atoms with Gasteiger partial charge in [-0.2, -0.15) is 0 Å². The highest BCUT2D eigenvalue weighted by molar-refractivity contribution is 7.71. The Labute approximate surface area is 121 Å². The number of rotatable bonds is 1. The first kappa shape index (κ1) is 12.3. The number of nitrogens with zero attached hydrogens (tertiary/aromatic N) is 2. The van der Waals surface area contributed by atoms with Crippen molar-refractivity contribution < 1.29 is 0 Å². The summed E-state index contributed by atoms with van der Waals surface area (Å²) < 4.78 is 2.48. The van der Waals surface area contributed by atoms with E-state index in [1.165, 1.54) is 0 Å². The summed E-state index contributed by atoms with van der Waals surface area (Å²) in [6.07, 6.45) is 0. The van der Waals surface area contributed by atoms with Crippen molar-refractivity contribution >= 4 is 34.7 Å². The molecule has 0 radical (unpaired) electrons. The van der Waals surface area contributed by atoms with Crippen LogP contribution in [0.2, 0.25) is 5.02 Å². The Bertz CT molecular complexity index is 809. The zero-order valence-corrected chi connectivity index (χ0v) is 11.9. The van der Waals surface area contributed by atoms with Gasteiger partial charge in [0.15, 0.2) is 4.77 Å². The number of hydrogen-bond donors (Lipinski definition) is 0. The summed E-state index contributed by atoms with van der Waals surface area (Å²) in [4.78, 5) is 4.42. The summed E-state index contributed by atoms with van der Waals surface area (Å²) in [6, 6.07) is 15.8. The number of halogens is 1. The molecule has 0 amide bonds. The van der Waals surface area contributed by atoms with Gasteiger partial charge in [0.05, 0.1) is 11.2 Å². The Kier molecular flexibility index (Phi) is 3.09. The molecule has 0 bridgehead atoms. The lowest BCUT2D eigenvalue weighted by Gasteiger charge is -2.12. The van der Waals surface area contributed by atoms with Crippen molar-refractivity contribution in [2.24, 2.45) is 7.05 Å². The molecule has 0 spiro atoms. The van der Waals surface area contributed by atoms with Crippen LogP contribution in [0.5, 0.6) is 0 Å². The zero-order chi connectivity index (χ0) is 13.4. The summed E-state index contributed by atoms with van der Waals surface area (Å²) >= 11 is 11.4. The van der Waals surface area contributed by atoms with Crippen LogP contribution in [0.1, 0.15) is 0 Å². The Hall–Kier alpha value is -1.71. The molecule has 3 rings (SSSR count). The molecule has 2 nitrogen and oxygen atoms in total. The second kappa shape index (κ2) is 4.76. The second-order valence-corrected chi connectivity index (χ2v) is 5.13. The molecule has 0 aliphatic carbocycles. The monoisotopic (exact) mass is 286 g/mol. The van der Waals surface area contributed by atoms with Crippen LogP contribution in [0.25, 0.3) is 22.2 Å². The molecule has 0 fully saturated rings. The zero-order valence-electron chi connectivity index (χ0n) is 10.3. The standard InChI is InChI=1S/C15H11ClN2S/c1-18-14(10-5-3-2-4-6-10)12-9-11(16)7-8-13(12)17-15(18)19/h2-9H,1H3. The molecule has 0 aliphatic rings. The van der Waals surface area contributed by atoms with Gasteiger partial charge >= 0.3 is 0 Å². The van der Waals surface area contributed by atoms with Crippen LogP contribution in [-0.4, -0.2) is 9.55 Å². The lowest BCUT2D eigenvalue weighted by Crippen LogP contribution is -2.02. The van der Waals surface area contributed by atoms with Crippen molar-refractivity contribution in [3.05, 3.63) is 58.3 Å². The van der Waals surface area contributed by atoms with Crippen molar-refractivity contribution in [3.63, 3.8) is 0 Å². The van der Waals surface area contributed by atoms with E-state index in [1.54, 1.807) is 0 Å². The minimum atomic E-state index is 0.564.